The lowest BCUT2D eigenvalue weighted by molar-refractivity contribution is -0.135. The number of likely N-dealkylation sites (tertiary alicyclic amines) is 1. The Morgan fingerprint density at radius 2 is 1.83 bits per heavy atom. The molecule has 2 fully saturated rings. The molecule has 7 heteroatoms. The lowest BCUT2D eigenvalue weighted by atomic mass is 9.89. The van der Waals surface area contributed by atoms with E-state index in [0.717, 1.165) is 61.2 Å². The number of nitrogens with zero attached hydrogens (tertiary/aromatic N) is 3. The van der Waals surface area contributed by atoms with Gasteiger partial charge in [0.2, 0.25) is 5.91 Å². The molecule has 3 aliphatic rings. The normalized spacial score (nSPS) is 24.3. The van der Waals surface area contributed by atoms with Crippen molar-refractivity contribution in [2.75, 3.05) is 13.1 Å². The second kappa shape index (κ2) is 9.10. The molecule has 184 valence electrons. The maximum atomic E-state index is 14.0. The summed E-state index contributed by atoms with van der Waals surface area (Å²) in [5, 5.41) is 5.39. The van der Waals surface area contributed by atoms with Crippen LogP contribution in [0.3, 0.4) is 0 Å². The Kier molecular flexibility index (Phi) is 5.93. The molecule has 0 bridgehead atoms. The average Bonchev–Trinajstić information content (AvgIpc) is 3.60. The molecule has 6 nitrogen and oxygen atoms in total. The van der Waals surface area contributed by atoms with E-state index in [2.05, 4.69) is 56.6 Å². The van der Waals surface area contributed by atoms with Crippen molar-refractivity contribution >= 4 is 33.4 Å². The Balaban J connectivity index is 1.27. The third-order valence-electron chi connectivity index (χ3n) is 8.31. The van der Waals surface area contributed by atoms with Crippen LogP contribution in [0.25, 0.3) is 10.2 Å². The second-order valence-electron chi connectivity index (χ2n) is 10.7. The molecule has 1 aliphatic carbocycles. The molecule has 1 N–H and O–H groups in total. The predicted molar refractivity (Wildman–Crippen MR) is 140 cm³/mol. The highest BCUT2D eigenvalue weighted by atomic mass is 32.1. The van der Waals surface area contributed by atoms with Gasteiger partial charge in [0.25, 0.3) is 5.91 Å². The standard InChI is InChI=1S/C28H34N4O2S/c1-28(27(34)29-21-9-5-6-10-21)19-31-23-13-16-35-25(23)17-24(31)26(33)32(28)22-11-14-30(15-12-22)18-20-7-3-2-4-8-20/h2-4,7-8,13,16-17,21-22H,5-6,9-12,14-15,18-19H2,1H3,(H,29,34)/t28-/m0/s1. The van der Waals surface area contributed by atoms with Crippen molar-refractivity contribution in [3.05, 3.63) is 59.1 Å². The van der Waals surface area contributed by atoms with Crippen LogP contribution in [0.5, 0.6) is 0 Å². The van der Waals surface area contributed by atoms with E-state index in [1.807, 2.05) is 17.9 Å². The third kappa shape index (κ3) is 4.08. The molecule has 2 aromatic heterocycles. The number of amides is 2. The summed E-state index contributed by atoms with van der Waals surface area (Å²) in [5.41, 5.74) is 2.21. The molecule has 0 spiro atoms. The van der Waals surface area contributed by atoms with Crippen LogP contribution in [0.15, 0.2) is 47.8 Å². The van der Waals surface area contributed by atoms with E-state index in [9.17, 15) is 9.59 Å². The van der Waals surface area contributed by atoms with Gasteiger partial charge in [-0.25, -0.2) is 0 Å². The van der Waals surface area contributed by atoms with Crippen molar-refractivity contribution in [1.82, 2.24) is 19.7 Å². The van der Waals surface area contributed by atoms with Gasteiger partial charge < -0.3 is 14.8 Å². The van der Waals surface area contributed by atoms with Crippen LogP contribution in [0.2, 0.25) is 0 Å². The first-order valence-electron chi connectivity index (χ1n) is 13.0. The zero-order valence-electron chi connectivity index (χ0n) is 20.4. The highest BCUT2D eigenvalue weighted by molar-refractivity contribution is 7.17. The summed E-state index contributed by atoms with van der Waals surface area (Å²) in [6.07, 6.45) is 6.19. The quantitative estimate of drug-likeness (QED) is 0.567. The van der Waals surface area contributed by atoms with E-state index >= 15 is 0 Å². The molecule has 1 saturated carbocycles. The average molecular weight is 491 g/mol. The number of nitrogens with one attached hydrogen (secondary N) is 1. The number of rotatable bonds is 5. The summed E-state index contributed by atoms with van der Waals surface area (Å²) in [6.45, 7) is 5.30. The van der Waals surface area contributed by atoms with Gasteiger partial charge >= 0.3 is 0 Å². The number of piperidine rings is 1. The molecule has 3 aromatic rings. The number of benzene rings is 1. The van der Waals surface area contributed by atoms with Crippen molar-refractivity contribution in [2.45, 2.75) is 76.2 Å². The highest BCUT2D eigenvalue weighted by Crippen LogP contribution is 2.37. The minimum Gasteiger partial charge on any atom is -0.351 e. The lowest BCUT2D eigenvalue weighted by Crippen LogP contribution is -2.68. The molecule has 1 aromatic carbocycles. The molecule has 1 saturated heterocycles. The number of hydrogen-bond acceptors (Lipinski definition) is 4. The Bertz CT molecular complexity index is 1220. The number of carbonyl (C=O) groups excluding carboxylic acids is 2. The largest absolute Gasteiger partial charge is 0.351 e. The Morgan fingerprint density at radius 1 is 1.09 bits per heavy atom. The number of fused-ring (bicyclic) bond motifs is 3. The number of aromatic nitrogens is 1. The van der Waals surface area contributed by atoms with Crippen molar-refractivity contribution in [1.29, 1.82) is 0 Å². The molecular formula is C28H34N4O2S. The Hall–Kier alpha value is -2.64. The highest BCUT2D eigenvalue weighted by Gasteiger charge is 2.51. The fourth-order valence-electron chi connectivity index (χ4n) is 6.39. The molecule has 1 atom stereocenters. The summed E-state index contributed by atoms with van der Waals surface area (Å²) >= 11 is 1.66. The van der Waals surface area contributed by atoms with E-state index in [0.29, 0.717) is 6.54 Å². The van der Waals surface area contributed by atoms with Gasteiger partial charge in [-0.05, 0) is 55.7 Å². The first-order valence-corrected chi connectivity index (χ1v) is 13.9. The van der Waals surface area contributed by atoms with Crippen LogP contribution >= 0.6 is 11.3 Å². The number of hydrogen-bond donors (Lipinski definition) is 1. The predicted octanol–water partition coefficient (Wildman–Crippen LogP) is 4.64. The first-order chi connectivity index (χ1) is 17.0. The smallest absolute Gasteiger partial charge is 0.271 e. The molecule has 0 radical (unpaired) electrons. The fraction of sp³-hybridized carbons (Fsp3) is 0.500. The summed E-state index contributed by atoms with van der Waals surface area (Å²) in [4.78, 5) is 32.3. The summed E-state index contributed by atoms with van der Waals surface area (Å²) < 4.78 is 3.20. The topological polar surface area (TPSA) is 57.6 Å². The van der Waals surface area contributed by atoms with E-state index in [-0.39, 0.29) is 23.9 Å². The van der Waals surface area contributed by atoms with Crippen LogP contribution in [0.4, 0.5) is 0 Å². The molecule has 4 heterocycles. The first kappa shape index (κ1) is 22.8. The second-order valence-corrected chi connectivity index (χ2v) is 11.6. The zero-order valence-corrected chi connectivity index (χ0v) is 21.2. The summed E-state index contributed by atoms with van der Waals surface area (Å²) in [6, 6.07) is 15.0. The SMILES string of the molecule is C[C@@]1(C(=O)NC2CCCC2)Cn2c(cc3sccc32)C(=O)N1C1CCN(Cc2ccccc2)CC1. The fourth-order valence-corrected chi connectivity index (χ4v) is 7.22. The molecule has 35 heavy (non-hydrogen) atoms. The van der Waals surface area contributed by atoms with Gasteiger partial charge in [0.1, 0.15) is 11.2 Å². The van der Waals surface area contributed by atoms with Crippen molar-refractivity contribution < 1.29 is 9.59 Å². The Morgan fingerprint density at radius 3 is 2.57 bits per heavy atom. The Labute approximate surface area is 210 Å². The van der Waals surface area contributed by atoms with Crippen LogP contribution in [0, 0.1) is 0 Å². The van der Waals surface area contributed by atoms with Gasteiger partial charge in [0, 0.05) is 31.7 Å². The van der Waals surface area contributed by atoms with E-state index < -0.39 is 5.54 Å². The van der Waals surface area contributed by atoms with Gasteiger partial charge in [-0.2, -0.15) is 0 Å². The van der Waals surface area contributed by atoms with E-state index in [1.165, 1.54) is 18.4 Å². The third-order valence-corrected chi connectivity index (χ3v) is 9.16. The van der Waals surface area contributed by atoms with Gasteiger partial charge in [-0.1, -0.05) is 43.2 Å². The maximum Gasteiger partial charge on any atom is 0.271 e. The van der Waals surface area contributed by atoms with Crippen molar-refractivity contribution in [2.24, 2.45) is 0 Å². The molecule has 2 amide bonds. The van der Waals surface area contributed by atoms with Gasteiger partial charge in [0.05, 0.1) is 16.8 Å². The van der Waals surface area contributed by atoms with Crippen LogP contribution in [0.1, 0.15) is 61.5 Å². The number of carbonyl (C=O) groups is 2. The molecule has 2 aliphatic heterocycles. The maximum absolute atomic E-state index is 14.0. The monoisotopic (exact) mass is 490 g/mol. The van der Waals surface area contributed by atoms with Gasteiger partial charge in [-0.15, -0.1) is 11.3 Å². The van der Waals surface area contributed by atoms with E-state index in [4.69, 9.17) is 0 Å². The van der Waals surface area contributed by atoms with Gasteiger partial charge in [0.15, 0.2) is 0 Å². The van der Waals surface area contributed by atoms with Crippen LogP contribution < -0.4 is 5.32 Å². The molecule has 6 rings (SSSR count). The zero-order chi connectivity index (χ0) is 24.0. The number of thiophene rings is 1. The molecule has 0 unspecified atom stereocenters. The summed E-state index contributed by atoms with van der Waals surface area (Å²) in [7, 11) is 0. The van der Waals surface area contributed by atoms with Crippen molar-refractivity contribution in [3.63, 3.8) is 0 Å². The lowest BCUT2D eigenvalue weighted by Gasteiger charge is -2.50. The minimum absolute atomic E-state index is 0.00484. The minimum atomic E-state index is -0.896. The van der Waals surface area contributed by atoms with Crippen LogP contribution in [-0.4, -0.2) is 56.9 Å². The van der Waals surface area contributed by atoms with Crippen molar-refractivity contribution in [3.8, 4) is 0 Å². The van der Waals surface area contributed by atoms with Crippen LogP contribution in [-0.2, 0) is 17.9 Å². The molecular weight excluding hydrogens is 456 g/mol. The van der Waals surface area contributed by atoms with E-state index in [1.54, 1.807) is 11.3 Å². The summed E-state index contributed by atoms with van der Waals surface area (Å²) in [5.74, 6) is 0.0115. The van der Waals surface area contributed by atoms with Gasteiger partial charge in [-0.3, -0.25) is 14.5 Å².